The first kappa shape index (κ1) is 51.2. The van der Waals surface area contributed by atoms with Gasteiger partial charge in [-0.2, -0.15) is 0 Å². The van der Waals surface area contributed by atoms with Gasteiger partial charge in [0.05, 0.1) is 0 Å². The van der Waals surface area contributed by atoms with Crippen molar-refractivity contribution in [3.05, 3.63) is 276 Å². The van der Waals surface area contributed by atoms with Crippen LogP contribution in [0.15, 0.2) is 243 Å². The third-order valence-electron chi connectivity index (χ3n) is 18.2. The lowest BCUT2D eigenvalue weighted by Crippen LogP contribution is -2.17. The van der Waals surface area contributed by atoms with Crippen molar-refractivity contribution in [3.8, 4) is 44.5 Å². The van der Waals surface area contributed by atoms with E-state index in [4.69, 9.17) is 0 Å². The number of rotatable bonds is 8. The molecule has 82 heavy (non-hydrogen) atoms. The van der Waals surface area contributed by atoms with Crippen LogP contribution >= 0.6 is 0 Å². The zero-order valence-corrected chi connectivity index (χ0v) is 49.0. The predicted molar refractivity (Wildman–Crippen MR) is 352 cm³/mol. The van der Waals surface area contributed by atoms with Crippen molar-refractivity contribution < 1.29 is 0 Å². The normalized spacial score (nSPS) is 13.9. The highest BCUT2D eigenvalue weighted by atomic mass is 15.1. The fraction of sp³-hybridized carbons (Fsp3) is 0.175. The molecule has 0 N–H and O–H groups in total. The summed E-state index contributed by atoms with van der Waals surface area (Å²) in [6.07, 6.45) is 0. The van der Waals surface area contributed by atoms with Gasteiger partial charge in [-0.3, -0.25) is 0 Å². The molecule has 0 amide bonds. The summed E-state index contributed by atoms with van der Waals surface area (Å²) < 4.78 is 0. The van der Waals surface area contributed by atoms with Gasteiger partial charge in [0.15, 0.2) is 0 Å². The lowest BCUT2D eigenvalue weighted by Gasteiger charge is -2.29. The molecule has 12 aromatic carbocycles. The SMILES string of the molecule is CC(C)(C)c1cccc(-c2c3c(cc4c(-c5cccc(C(C)(C)C)c5)c5c(cc24)C(C)(C)c2cc(N(c4ccccc4)c4ccc6ccccc6c4)ccc2-5)C(C)(C)c2cc(N(c4ccccc4)c4ccc5ccccc5c4)ccc2-3)c1. The Kier molecular flexibility index (Phi) is 11.7. The zero-order chi connectivity index (χ0) is 56.5. The molecule has 0 saturated heterocycles. The van der Waals surface area contributed by atoms with E-state index in [-0.39, 0.29) is 21.7 Å². The highest BCUT2D eigenvalue weighted by Gasteiger charge is 2.43. The van der Waals surface area contributed by atoms with E-state index in [2.05, 4.69) is 322 Å². The number of para-hydroxylation sites is 2. The first-order valence-electron chi connectivity index (χ1n) is 29.3. The van der Waals surface area contributed by atoms with Gasteiger partial charge in [0.2, 0.25) is 0 Å². The molecule has 0 fully saturated rings. The van der Waals surface area contributed by atoms with Crippen LogP contribution in [0.5, 0.6) is 0 Å². The van der Waals surface area contributed by atoms with Crippen LogP contribution in [0.25, 0.3) is 76.8 Å². The molecule has 0 aliphatic heterocycles. The molecule has 400 valence electrons. The molecule has 0 atom stereocenters. The molecule has 0 unspecified atom stereocenters. The maximum absolute atomic E-state index is 2.62. The highest BCUT2D eigenvalue weighted by molar-refractivity contribution is 6.17. The van der Waals surface area contributed by atoms with Crippen LogP contribution < -0.4 is 9.80 Å². The molecule has 0 aromatic heterocycles. The van der Waals surface area contributed by atoms with Crippen molar-refractivity contribution >= 4 is 66.4 Å². The summed E-state index contributed by atoms with van der Waals surface area (Å²) in [7, 11) is 0. The van der Waals surface area contributed by atoms with Crippen molar-refractivity contribution in [1.29, 1.82) is 0 Å². The summed E-state index contributed by atoms with van der Waals surface area (Å²) in [6.45, 7) is 23.9. The third-order valence-corrected chi connectivity index (χ3v) is 18.2. The van der Waals surface area contributed by atoms with Gasteiger partial charge in [-0.25, -0.2) is 0 Å². The number of nitrogens with zero attached hydrogens (tertiary/aromatic N) is 2. The monoisotopic (exact) mass is 1060 g/mol. The van der Waals surface area contributed by atoms with Crippen LogP contribution in [0, 0.1) is 0 Å². The van der Waals surface area contributed by atoms with Crippen LogP contribution in [-0.4, -0.2) is 0 Å². The van der Waals surface area contributed by atoms with E-state index in [1.807, 2.05) is 0 Å². The molecule has 2 nitrogen and oxygen atoms in total. The summed E-state index contributed by atoms with van der Waals surface area (Å²) in [4.78, 5) is 4.87. The number of hydrogen-bond acceptors (Lipinski definition) is 2. The molecular formula is C80H70N2. The zero-order valence-electron chi connectivity index (χ0n) is 49.0. The average Bonchev–Trinajstić information content (AvgIpc) is 2.13. The molecule has 14 rings (SSSR count). The number of hydrogen-bond donors (Lipinski definition) is 0. The Hall–Kier alpha value is -8.98. The van der Waals surface area contributed by atoms with Crippen LogP contribution in [0.1, 0.15) is 103 Å². The van der Waals surface area contributed by atoms with Gasteiger partial charge < -0.3 is 9.80 Å². The van der Waals surface area contributed by atoms with Crippen molar-refractivity contribution in [1.82, 2.24) is 0 Å². The molecule has 2 aliphatic rings. The smallest absolute Gasteiger partial charge is 0.0468 e. The fourth-order valence-electron chi connectivity index (χ4n) is 13.8. The molecule has 0 spiro atoms. The van der Waals surface area contributed by atoms with Gasteiger partial charge in [0.1, 0.15) is 0 Å². The summed E-state index contributed by atoms with van der Waals surface area (Å²) >= 11 is 0. The third kappa shape index (κ3) is 8.28. The van der Waals surface area contributed by atoms with Crippen LogP contribution in [0.4, 0.5) is 34.1 Å². The first-order chi connectivity index (χ1) is 39.4. The molecule has 12 aromatic rings. The van der Waals surface area contributed by atoms with Gasteiger partial charge >= 0.3 is 0 Å². The largest absolute Gasteiger partial charge is 0.310 e. The fourth-order valence-corrected chi connectivity index (χ4v) is 13.8. The molecule has 0 saturated carbocycles. The molecule has 0 bridgehead atoms. The van der Waals surface area contributed by atoms with Crippen molar-refractivity contribution in [2.45, 2.75) is 90.9 Å². The van der Waals surface area contributed by atoms with E-state index in [9.17, 15) is 0 Å². The van der Waals surface area contributed by atoms with Crippen molar-refractivity contribution in [2.75, 3.05) is 9.80 Å². The topological polar surface area (TPSA) is 6.48 Å². The Morgan fingerprint density at radius 2 is 0.622 bits per heavy atom. The molecule has 0 heterocycles. The van der Waals surface area contributed by atoms with E-state index < -0.39 is 0 Å². The van der Waals surface area contributed by atoms with Crippen LogP contribution in [-0.2, 0) is 21.7 Å². The molecule has 2 heteroatoms. The number of fused-ring (bicyclic) bond motifs is 9. The molecule has 2 aliphatic carbocycles. The van der Waals surface area contributed by atoms with Crippen molar-refractivity contribution in [2.24, 2.45) is 0 Å². The Bertz CT molecular complexity index is 4230. The molecular weight excluding hydrogens is 989 g/mol. The summed E-state index contributed by atoms with van der Waals surface area (Å²) in [5, 5.41) is 7.49. The standard InChI is InChI=1S/C80H70N2/c1-77(2,3)57-29-21-27-55(43-57)73-67-49-72-76(66-42-40-64(48-70(66)80(72,9)10)82(60-33-15-12-16-34-60)62-38-36-52-24-18-20-26-54(52)46-62)74(56-28-22-30-58(44-56)78(4,5)6)68(67)50-71-75(73)65-41-39-63(47-69(65)79(71,7)8)81(59-31-13-11-14-32-59)61-37-35-51-23-17-19-25-53(51)45-61/h11-50H,1-10H3. The maximum atomic E-state index is 2.62. The van der Waals surface area contributed by atoms with Gasteiger partial charge in [-0.15, -0.1) is 0 Å². The highest BCUT2D eigenvalue weighted by Crippen LogP contribution is 2.61. The summed E-state index contributed by atoms with van der Waals surface area (Å²) in [5.74, 6) is 0. The Morgan fingerprint density at radius 3 is 1.01 bits per heavy atom. The minimum Gasteiger partial charge on any atom is -0.310 e. The second kappa shape index (κ2) is 18.8. The lowest BCUT2D eigenvalue weighted by atomic mass is 9.75. The van der Waals surface area contributed by atoms with E-state index >= 15 is 0 Å². The second-order valence-corrected chi connectivity index (χ2v) is 26.2. The average molecular weight is 1060 g/mol. The maximum Gasteiger partial charge on any atom is 0.0468 e. The van der Waals surface area contributed by atoms with E-state index in [0.717, 1.165) is 34.1 Å². The van der Waals surface area contributed by atoms with Gasteiger partial charge in [-0.1, -0.05) is 227 Å². The minimum absolute atomic E-state index is 0.0544. The Labute approximate surface area is 485 Å². The van der Waals surface area contributed by atoms with Crippen molar-refractivity contribution in [3.63, 3.8) is 0 Å². The van der Waals surface area contributed by atoms with Gasteiger partial charge in [-0.05, 0) is 206 Å². The second-order valence-electron chi connectivity index (χ2n) is 26.2. The molecule has 0 radical (unpaired) electrons. The minimum atomic E-state index is -0.365. The Balaban J connectivity index is 1.04. The summed E-state index contributed by atoms with van der Waals surface area (Å²) in [5.41, 5.74) is 24.4. The van der Waals surface area contributed by atoms with Crippen LogP contribution in [0.2, 0.25) is 0 Å². The van der Waals surface area contributed by atoms with Crippen LogP contribution in [0.3, 0.4) is 0 Å². The van der Waals surface area contributed by atoms with E-state index in [0.29, 0.717) is 0 Å². The quantitative estimate of drug-likeness (QED) is 0.150. The predicted octanol–water partition coefficient (Wildman–Crippen LogP) is 22.6. The first-order valence-corrected chi connectivity index (χ1v) is 29.3. The Morgan fingerprint density at radius 1 is 0.268 bits per heavy atom. The number of anilines is 6. The lowest BCUT2D eigenvalue weighted by molar-refractivity contribution is 0.590. The van der Waals surface area contributed by atoms with E-state index in [1.165, 1.54) is 110 Å². The summed E-state index contributed by atoms with van der Waals surface area (Å²) in [6, 6.07) is 91.7. The van der Waals surface area contributed by atoms with Gasteiger partial charge in [0, 0.05) is 45.0 Å². The van der Waals surface area contributed by atoms with Gasteiger partial charge in [0.25, 0.3) is 0 Å². The number of benzene rings is 12. The van der Waals surface area contributed by atoms with E-state index in [1.54, 1.807) is 0 Å².